The van der Waals surface area contributed by atoms with E-state index in [1.807, 2.05) is 7.05 Å². The highest BCUT2D eigenvalue weighted by molar-refractivity contribution is 5.27. The Bertz CT molecular complexity index is 800. The van der Waals surface area contributed by atoms with Crippen molar-refractivity contribution in [1.82, 2.24) is 15.2 Å². The molecule has 0 bridgehead atoms. The average molecular weight is 403 g/mol. The van der Waals surface area contributed by atoms with Crippen LogP contribution in [0.15, 0.2) is 48.7 Å². The molecule has 0 unspecified atom stereocenters. The summed E-state index contributed by atoms with van der Waals surface area (Å²) in [5.74, 6) is 0.629. The average Bonchev–Trinajstić information content (AvgIpc) is 3.44. The van der Waals surface area contributed by atoms with Crippen molar-refractivity contribution in [2.45, 2.75) is 50.4 Å². The van der Waals surface area contributed by atoms with Crippen LogP contribution >= 0.6 is 0 Å². The van der Waals surface area contributed by atoms with Gasteiger partial charge in [0.1, 0.15) is 5.69 Å². The fourth-order valence-electron chi connectivity index (χ4n) is 4.53. The summed E-state index contributed by atoms with van der Waals surface area (Å²) in [7, 11) is 2.04. The molecule has 4 rings (SSSR count). The molecule has 156 valence electrons. The fraction of sp³-hybridized carbons (Fsp3) is 0.522. The lowest BCUT2D eigenvalue weighted by molar-refractivity contribution is -0.141. The molecule has 2 aliphatic rings. The predicted molar refractivity (Wildman–Crippen MR) is 107 cm³/mol. The van der Waals surface area contributed by atoms with E-state index in [1.165, 1.54) is 43.5 Å². The van der Waals surface area contributed by atoms with Crippen LogP contribution in [0.1, 0.15) is 48.4 Å². The molecule has 2 aliphatic carbocycles. The minimum atomic E-state index is -4.38. The number of halogens is 3. The molecule has 0 radical (unpaired) electrons. The fourth-order valence-corrected chi connectivity index (χ4v) is 4.53. The number of nitrogens with zero attached hydrogens (tertiary/aromatic N) is 2. The Morgan fingerprint density at radius 1 is 1.14 bits per heavy atom. The molecule has 0 amide bonds. The van der Waals surface area contributed by atoms with Crippen LogP contribution in [0.2, 0.25) is 0 Å². The van der Waals surface area contributed by atoms with Gasteiger partial charge in [0.15, 0.2) is 0 Å². The van der Waals surface area contributed by atoms with Gasteiger partial charge in [-0.15, -0.1) is 0 Å². The van der Waals surface area contributed by atoms with E-state index in [4.69, 9.17) is 0 Å². The summed E-state index contributed by atoms with van der Waals surface area (Å²) in [6.45, 7) is 2.57. The zero-order chi connectivity index (χ0) is 20.5. The molecule has 6 heteroatoms. The molecule has 0 spiro atoms. The first-order valence-electron chi connectivity index (χ1n) is 10.3. The van der Waals surface area contributed by atoms with Gasteiger partial charge in [-0.1, -0.05) is 42.8 Å². The maximum absolute atomic E-state index is 12.7. The summed E-state index contributed by atoms with van der Waals surface area (Å²) in [4.78, 5) is 5.79. The number of hydrogen-bond acceptors (Lipinski definition) is 3. The van der Waals surface area contributed by atoms with Crippen molar-refractivity contribution in [3.8, 4) is 0 Å². The van der Waals surface area contributed by atoms with E-state index in [9.17, 15) is 13.2 Å². The van der Waals surface area contributed by atoms with Gasteiger partial charge in [0.2, 0.25) is 0 Å². The third kappa shape index (κ3) is 4.98. The Kier molecular flexibility index (Phi) is 5.67. The summed E-state index contributed by atoms with van der Waals surface area (Å²) in [6, 6.07) is 13.8. The first kappa shape index (κ1) is 20.4. The summed E-state index contributed by atoms with van der Waals surface area (Å²) < 4.78 is 38.0. The van der Waals surface area contributed by atoms with Crippen molar-refractivity contribution < 1.29 is 13.2 Å². The largest absolute Gasteiger partial charge is 0.433 e. The summed E-state index contributed by atoms with van der Waals surface area (Å²) >= 11 is 0. The van der Waals surface area contributed by atoms with Crippen molar-refractivity contribution >= 4 is 0 Å². The van der Waals surface area contributed by atoms with E-state index >= 15 is 0 Å². The number of nitrogens with one attached hydrogen (secondary N) is 1. The van der Waals surface area contributed by atoms with Crippen molar-refractivity contribution in [2.24, 2.45) is 5.41 Å². The minimum Gasteiger partial charge on any atom is -0.313 e. The molecular weight excluding hydrogens is 375 g/mol. The molecule has 1 aromatic heterocycles. The van der Waals surface area contributed by atoms with Gasteiger partial charge in [0, 0.05) is 37.8 Å². The van der Waals surface area contributed by atoms with Crippen LogP contribution in [0, 0.1) is 5.41 Å². The maximum Gasteiger partial charge on any atom is 0.433 e. The van der Waals surface area contributed by atoms with E-state index in [2.05, 4.69) is 45.5 Å². The number of benzene rings is 1. The Morgan fingerprint density at radius 2 is 1.90 bits per heavy atom. The second-order valence-corrected chi connectivity index (χ2v) is 8.82. The van der Waals surface area contributed by atoms with Crippen molar-refractivity contribution in [3.63, 3.8) is 0 Å². The molecule has 29 heavy (non-hydrogen) atoms. The lowest BCUT2D eigenvalue weighted by atomic mass is 9.68. The zero-order valence-corrected chi connectivity index (χ0v) is 16.8. The molecule has 3 nitrogen and oxygen atoms in total. The minimum absolute atomic E-state index is 0.276. The lowest BCUT2D eigenvalue weighted by Gasteiger charge is -2.45. The van der Waals surface area contributed by atoms with Crippen molar-refractivity contribution in [2.75, 3.05) is 20.1 Å². The lowest BCUT2D eigenvalue weighted by Crippen LogP contribution is -2.48. The monoisotopic (exact) mass is 403 g/mol. The molecule has 2 atom stereocenters. The number of hydrogen-bond donors (Lipinski definition) is 1. The Labute approximate surface area is 170 Å². The topological polar surface area (TPSA) is 28.2 Å². The molecular formula is C23H28F3N3. The Balaban J connectivity index is 1.27. The zero-order valence-electron chi connectivity index (χ0n) is 16.8. The molecule has 0 aliphatic heterocycles. The number of aromatic nitrogens is 1. The number of pyridine rings is 1. The van der Waals surface area contributed by atoms with Crippen LogP contribution in [0.25, 0.3) is 0 Å². The standard InChI is InChI=1S/C23H28F3N3/c1-29(14-17-8-9-21(27-13-17)23(24,25)26)16-22(10-5-11-22)15-28-20-12-19(20)18-6-3-2-4-7-18/h2-4,6-9,13,19-20,28H,5,10-12,14-16H2,1H3/t19-,20+/m1/s1. The second kappa shape index (κ2) is 8.07. The summed E-state index contributed by atoms with van der Waals surface area (Å²) in [5.41, 5.74) is 1.67. The maximum atomic E-state index is 12.7. The Hall–Kier alpha value is -1.92. The highest BCUT2D eigenvalue weighted by Gasteiger charge is 2.42. The SMILES string of the molecule is CN(Cc1ccc(C(F)(F)F)nc1)CC1(CN[C@H]2C[C@@H]2c2ccccc2)CCC1. The van der Waals surface area contributed by atoms with Crippen molar-refractivity contribution in [3.05, 3.63) is 65.5 Å². The van der Waals surface area contributed by atoms with Crippen molar-refractivity contribution in [1.29, 1.82) is 0 Å². The second-order valence-electron chi connectivity index (χ2n) is 8.82. The van der Waals surface area contributed by atoms with E-state index in [-0.39, 0.29) is 5.41 Å². The molecule has 1 aromatic carbocycles. The van der Waals surface area contributed by atoms with Gasteiger partial charge < -0.3 is 10.2 Å². The molecule has 1 N–H and O–H groups in total. The third-order valence-electron chi connectivity index (χ3n) is 6.34. The molecule has 0 saturated heterocycles. The van der Waals surface area contributed by atoms with Crippen LogP contribution in [0.3, 0.4) is 0 Å². The first-order valence-corrected chi connectivity index (χ1v) is 10.3. The third-order valence-corrected chi connectivity index (χ3v) is 6.34. The van der Waals surface area contributed by atoms with E-state index in [0.29, 0.717) is 18.5 Å². The summed E-state index contributed by atoms with van der Waals surface area (Å²) in [6.07, 6.45) is 1.83. The quantitative estimate of drug-likeness (QED) is 0.683. The predicted octanol–water partition coefficient (Wildman–Crippen LogP) is 4.85. The molecule has 2 aromatic rings. The summed E-state index contributed by atoms with van der Waals surface area (Å²) in [5, 5.41) is 3.78. The van der Waals surface area contributed by atoms with Crippen LogP contribution in [0.5, 0.6) is 0 Å². The molecule has 2 fully saturated rings. The van der Waals surface area contributed by atoms with Gasteiger partial charge in [-0.2, -0.15) is 13.2 Å². The van der Waals surface area contributed by atoms with Gasteiger partial charge in [-0.25, -0.2) is 0 Å². The smallest absolute Gasteiger partial charge is 0.313 e. The van der Waals surface area contributed by atoms with Crippen LogP contribution in [0.4, 0.5) is 13.2 Å². The highest BCUT2D eigenvalue weighted by Crippen LogP contribution is 2.44. The van der Waals surface area contributed by atoms with Crippen LogP contribution in [-0.4, -0.2) is 36.1 Å². The van der Waals surface area contributed by atoms with Crippen LogP contribution < -0.4 is 5.32 Å². The normalized spacial score (nSPS) is 23.1. The van der Waals surface area contributed by atoms with Gasteiger partial charge in [-0.3, -0.25) is 4.98 Å². The van der Waals surface area contributed by atoms with Gasteiger partial charge in [0.25, 0.3) is 0 Å². The Morgan fingerprint density at radius 3 is 2.48 bits per heavy atom. The molecule has 1 heterocycles. The highest BCUT2D eigenvalue weighted by atomic mass is 19.4. The molecule has 2 saturated carbocycles. The van der Waals surface area contributed by atoms with Gasteiger partial charge in [-0.05, 0) is 48.9 Å². The van der Waals surface area contributed by atoms with Gasteiger partial charge >= 0.3 is 6.18 Å². The van der Waals surface area contributed by atoms with E-state index < -0.39 is 11.9 Å². The van der Waals surface area contributed by atoms with Crippen LogP contribution in [-0.2, 0) is 12.7 Å². The van der Waals surface area contributed by atoms with E-state index in [1.54, 1.807) is 0 Å². The number of alkyl halides is 3. The first-order chi connectivity index (χ1) is 13.8. The van der Waals surface area contributed by atoms with Gasteiger partial charge in [0.05, 0.1) is 0 Å². The number of rotatable bonds is 8. The van der Waals surface area contributed by atoms with E-state index in [0.717, 1.165) is 24.7 Å².